The Labute approximate surface area is 149 Å². The third-order valence-corrected chi connectivity index (χ3v) is 5.12. The maximum absolute atomic E-state index is 12.2. The van der Waals surface area contributed by atoms with Crippen molar-refractivity contribution < 1.29 is 9.59 Å². The van der Waals surface area contributed by atoms with E-state index in [9.17, 15) is 9.59 Å². The molecular formula is C20H40N2O2. The predicted octanol–water partition coefficient (Wildman–Crippen LogP) is 4.14. The summed E-state index contributed by atoms with van der Waals surface area (Å²) >= 11 is 0. The Morgan fingerprint density at radius 1 is 1.00 bits per heavy atom. The maximum Gasteiger partial charge on any atom is 0.225 e. The summed E-state index contributed by atoms with van der Waals surface area (Å²) in [7, 11) is 0. The summed E-state index contributed by atoms with van der Waals surface area (Å²) < 4.78 is 0. The van der Waals surface area contributed by atoms with Crippen LogP contribution in [-0.4, -0.2) is 24.9 Å². The van der Waals surface area contributed by atoms with E-state index < -0.39 is 0 Å². The van der Waals surface area contributed by atoms with Gasteiger partial charge in [0.15, 0.2) is 0 Å². The normalized spacial score (nSPS) is 14.8. The molecule has 0 aromatic heterocycles. The van der Waals surface area contributed by atoms with Crippen molar-refractivity contribution >= 4 is 11.8 Å². The molecule has 0 spiro atoms. The van der Waals surface area contributed by atoms with Gasteiger partial charge in [0.2, 0.25) is 11.8 Å². The highest BCUT2D eigenvalue weighted by atomic mass is 16.2. The van der Waals surface area contributed by atoms with Crippen LogP contribution in [0.15, 0.2) is 0 Å². The van der Waals surface area contributed by atoms with Crippen LogP contribution in [0.2, 0.25) is 0 Å². The average Bonchev–Trinajstić information content (AvgIpc) is 2.50. The second-order valence-electron chi connectivity index (χ2n) is 8.78. The zero-order valence-corrected chi connectivity index (χ0v) is 17.2. The molecule has 2 atom stereocenters. The molecule has 0 saturated carbocycles. The van der Waals surface area contributed by atoms with Crippen molar-refractivity contribution in [3.63, 3.8) is 0 Å². The monoisotopic (exact) mass is 340 g/mol. The van der Waals surface area contributed by atoms with Crippen molar-refractivity contribution in [2.75, 3.05) is 13.1 Å². The van der Waals surface area contributed by atoms with Gasteiger partial charge < -0.3 is 10.6 Å². The Hall–Kier alpha value is -1.06. The minimum Gasteiger partial charge on any atom is -0.356 e. The van der Waals surface area contributed by atoms with E-state index in [1.54, 1.807) is 0 Å². The van der Waals surface area contributed by atoms with Crippen molar-refractivity contribution in [2.24, 2.45) is 22.7 Å². The highest BCUT2D eigenvalue weighted by Gasteiger charge is 2.28. The quantitative estimate of drug-likeness (QED) is 0.594. The summed E-state index contributed by atoms with van der Waals surface area (Å²) in [5, 5.41) is 6.13. The lowest BCUT2D eigenvalue weighted by molar-refractivity contribution is -0.130. The largest absolute Gasteiger partial charge is 0.356 e. The fourth-order valence-corrected chi connectivity index (χ4v) is 2.64. The van der Waals surface area contributed by atoms with Gasteiger partial charge in [-0.25, -0.2) is 0 Å². The smallest absolute Gasteiger partial charge is 0.225 e. The Morgan fingerprint density at radius 2 is 1.58 bits per heavy atom. The van der Waals surface area contributed by atoms with Gasteiger partial charge in [0.1, 0.15) is 0 Å². The van der Waals surface area contributed by atoms with Crippen molar-refractivity contribution in [3.05, 3.63) is 0 Å². The molecular weight excluding hydrogens is 300 g/mol. The molecule has 2 amide bonds. The van der Waals surface area contributed by atoms with Gasteiger partial charge in [-0.2, -0.15) is 0 Å². The molecule has 0 aliphatic rings. The number of hydrogen-bond donors (Lipinski definition) is 2. The average molecular weight is 341 g/mol. The van der Waals surface area contributed by atoms with E-state index in [0.29, 0.717) is 12.5 Å². The topological polar surface area (TPSA) is 58.2 Å². The molecule has 0 heterocycles. The van der Waals surface area contributed by atoms with Crippen LogP contribution in [0.1, 0.15) is 81.1 Å². The lowest BCUT2D eigenvalue weighted by atomic mass is 9.81. The van der Waals surface area contributed by atoms with Gasteiger partial charge in [-0.1, -0.05) is 55.4 Å². The summed E-state index contributed by atoms with van der Waals surface area (Å²) in [4.78, 5) is 24.0. The lowest BCUT2D eigenvalue weighted by Gasteiger charge is -2.30. The predicted molar refractivity (Wildman–Crippen MR) is 102 cm³/mol. The van der Waals surface area contributed by atoms with Gasteiger partial charge in [0.05, 0.1) is 0 Å². The summed E-state index contributed by atoms with van der Waals surface area (Å²) in [6.45, 7) is 18.0. The standard InChI is InChI=1S/C20H40N2O2/c1-9-16(4)17(23)21-12-11-15(3)13-19(5,6)14-22-18(24)20(7,8)10-2/h15-16H,9-14H2,1-8H3,(H,21,23)(H,22,24). The molecule has 142 valence electrons. The number of carbonyl (C=O) groups excluding carboxylic acids is 2. The van der Waals surface area contributed by atoms with Crippen LogP contribution >= 0.6 is 0 Å². The Morgan fingerprint density at radius 3 is 2.08 bits per heavy atom. The molecule has 2 N–H and O–H groups in total. The molecule has 0 rings (SSSR count). The fourth-order valence-electron chi connectivity index (χ4n) is 2.64. The first kappa shape index (κ1) is 22.9. The van der Waals surface area contributed by atoms with Crippen LogP contribution in [0.4, 0.5) is 0 Å². The van der Waals surface area contributed by atoms with Gasteiger partial charge in [0.25, 0.3) is 0 Å². The third-order valence-electron chi connectivity index (χ3n) is 5.12. The molecule has 2 unspecified atom stereocenters. The van der Waals surface area contributed by atoms with Crippen molar-refractivity contribution in [2.45, 2.75) is 81.1 Å². The maximum atomic E-state index is 12.2. The molecule has 0 saturated heterocycles. The molecule has 4 nitrogen and oxygen atoms in total. The van der Waals surface area contributed by atoms with Gasteiger partial charge in [-0.15, -0.1) is 0 Å². The molecule has 4 heteroatoms. The van der Waals surface area contributed by atoms with Crippen LogP contribution in [0.5, 0.6) is 0 Å². The second kappa shape index (κ2) is 10.0. The van der Waals surface area contributed by atoms with Gasteiger partial charge in [-0.3, -0.25) is 9.59 Å². The van der Waals surface area contributed by atoms with Crippen LogP contribution < -0.4 is 10.6 Å². The van der Waals surface area contributed by atoms with Gasteiger partial charge in [-0.05, 0) is 37.0 Å². The number of carbonyl (C=O) groups is 2. The minimum absolute atomic E-state index is 0.0552. The summed E-state index contributed by atoms with van der Waals surface area (Å²) in [5.41, 5.74) is -0.248. The van der Waals surface area contributed by atoms with E-state index in [0.717, 1.165) is 32.2 Å². The molecule has 0 bridgehead atoms. The molecule has 0 fully saturated rings. The van der Waals surface area contributed by atoms with E-state index in [1.807, 2.05) is 34.6 Å². The number of nitrogens with one attached hydrogen (secondary N) is 2. The fraction of sp³-hybridized carbons (Fsp3) is 0.900. The molecule has 0 radical (unpaired) electrons. The van der Waals surface area contributed by atoms with Crippen LogP contribution in [0, 0.1) is 22.7 Å². The summed E-state index contributed by atoms with van der Waals surface area (Å²) in [6, 6.07) is 0. The van der Waals surface area contributed by atoms with E-state index in [4.69, 9.17) is 0 Å². The Balaban J connectivity index is 4.21. The van der Waals surface area contributed by atoms with E-state index >= 15 is 0 Å². The lowest BCUT2D eigenvalue weighted by Crippen LogP contribution is -2.41. The Bertz CT molecular complexity index is 402. The van der Waals surface area contributed by atoms with Crippen LogP contribution in [0.25, 0.3) is 0 Å². The van der Waals surface area contributed by atoms with Crippen molar-refractivity contribution in [1.82, 2.24) is 10.6 Å². The summed E-state index contributed by atoms with van der Waals surface area (Å²) in [5.74, 6) is 0.881. The van der Waals surface area contributed by atoms with E-state index in [-0.39, 0.29) is 28.6 Å². The highest BCUT2D eigenvalue weighted by molar-refractivity contribution is 5.81. The molecule has 0 aromatic rings. The van der Waals surface area contributed by atoms with Crippen molar-refractivity contribution in [3.8, 4) is 0 Å². The first-order chi connectivity index (χ1) is 10.9. The zero-order valence-electron chi connectivity index (χ0n) is 17.2. The molecule has 0 aromatic carbocycles. The van der Waals surface area contributed by atoms with Crippen LogP contribution in [-0.2, 0) is 9.59 Å². The SMILES string of the molecule is CCC(C)C(=O)NCCC(C)CC(C)(C)CNC(=O)C(C)(C)CC. The second-order valence-corrected chi connectivity index (χ2v) is 8.78. The third kappa shape index (κ3) is 8.70. The number of hydrogen-bond acceptors (Lipinski definition) is 2. The minimum atomic E-state index is -0.304. The van der Waals surface area contributed by atoms with Gasteiger partial charge in [0, 0.05) is 24.4 Å². The van der Waals surface area contributed by atoms with E-state index in [2.05, 4.69) is 31.4 Å². The number of rotatable bonds is 11. The summed E-state index contributed by atoms with van der Waals surface area (Å²) in [6.07, 6.45) is 3.72. The van der Waals surface area contributed by atoms with Gasteiger partial charge >= 0.3 is 0 Å². The highest BCUT2D eigenvalue weighted by Crippen LogP contribution is 2.27. The van der Waals surface area contributed by atoms with Crippen molar-refractivity contribution in [1.29, 1.82) is 0 Å². The first-order valence-electron chi connectivity index (χ1n) is 9.51. The first-order valence-corrected chi connectivity index (χ1v) is 9.51. The van der Waals surface area contributed by atoms with E-state index in [1.165, 1.54) is 0 Å². The molecule has 24 heavy (non-hydrogen) atoms. The number of amides is 2. The molecule has 0 aliphatic heterocycles. The zero-order chi connectivity index (χ0) is 19.0. The van der Waals surface area contributed by atoms with Crippen LogP contribution in [0.3, 0.4) is 0 Å². The Kier molecular flexibility index (Phi) is 9.61. The molecule has 0 aliphatic carbocycles.